The minimum Gasteiger partial charge on any atom is -0.338 e. The SMILES string of the molecule is CC(C)CN1CCN(Cc2nc(-c3ccc(C(C)C)cc3)no2)CC1. The monoisotopic (exact) mass is 342 g/mol. The molecule has 0 spiro atoms. The molecule has 2 heterocycles. The summed E-state index contributed by atoms with van der Waals surface area (Å²) in [7, 11) is 0. The van der Waals surface area contributed by atoms with Gasteiger partial charge in [0, 0.05) is 38.3 Å². The molecule has 1 aliphatic rings. The Balaban J connectivity index is 1.55. The Kier molecular flexibility index (Phi) is 5.86. The Hall–Kier alpha value is -1.72. The zero-order valence-electron chi connectivity index (χ0n) is 15.9. The Labute approximate surface area is 151 Å². The summed E-state index contributed by atoms with van der Waals surface area (Å²) in [6.45, 7) is 15.2. The predicted octanol–water partition coefficient (Wildman–Crippen LogP) is 3.63. The molecule has 1 fully saturated rings. The summed E-state index contributed by atoms with van der Waals surface area (Å²) in [5, 5.41) is 4.16. The lowest BCUT2D eigenvalue weighted by Gasteiger charge is -2.34. The van der Waals surface area contributed by atoms with Crippen molar-refractivity contribution in [2.45, 2.75) is 40.2 Å². The van der Waals surface area contributed by atoms with E-state index in [1.54, 1.807) is 0 Å². The molecule has 0 aliphatic carbocycles. The molecule has 25 heavy (non-hydrogen) atoms. The molecule has 0 bridgehead atoms. The van der Waals surface area contributed by atoms with Crippen molar-refractivity contribution < 1.29 is 4.52 Å². The summed E-state index contributed by atoms with van der Waals surface area (Å²) in [6.07, 6.45) is 0. The molecule has 0 N–H and O–H groups in total. The van der Waals surface area contributed by atoms with Crippen LogP contribution in [-0.4, -0.2) is 52.7 Å². The lowest BCUT2D eigenvalue weighted by atomic mass is 10.0. The molecule has 0 amide bonds. The normalized spacial score (nSPS) is 16.9. The second-order valence-corrected chi connectivity index (χ2v) is 7.76. The van der Waals surface area contributed by atoms with E-state index in [1.807, 2.05) is 0 Å². The Morgan fingerprint density at radius 1 is 0.960 bits per heavy atom. The lowest BCUT2D eigenvalue weighted by molar-refractivity contribution is 0.108. The maximum absolute atomic E-state index is 5.47. The molecule has 3 rings (SSSR count). The van der Waals surface area contributed by atoms with Crippen LogP contribution in [0.4, 0.5) is 0 Å². The van der Waals surface area contributed by atoms with Gasteiger partial charge in [-0.3, -0.25) is 4.90 Å². The van der Waals surface area contributed by atoms with Gasteiger partial charge in [-0.2, -0.15) is 4.98 Å². The average Bonchev–Trinajstić information content (AvgIpc) is 3.05. The highest BCUT2D eigenvalue weighted by molar-refractivity contribution is 5.54. The van der Waals surface area contributed by atoms with Gasteiger partial charge >= 0.3 is 0 Å². The molecule has 1 saturated heterocycles. The highest BCUT2D eigenvalue weighted by Gasteiger charge is 2.19. The van der Waals surface area contributed by atoms with Crippen LogP contribution in [0, 0.1) is 5.92 Å². The third-order valence-electron chi connectivity index (χ3n) is 4.75. The molecule has 0 radical (unpaired) electrons. The Morgan fingerprint density at radius 3 is 2.20 bits per heavy atom. The molecule has 2 aromatic rings. The summed E-state index contributed by atoms with van der Waals surface area (Å²) < 4.78 is 5.47. The van der Waals surface area contributed by atoms with Crippen molar-refractivity contribution >= 4 is 0 Å². The van der Waals surface area contributed by atoms with Gasteiger partial charge in [0.2, 0.25) is 11.7 Å². The van der Waals surface area contributed by atoms with Gasteiger partial charge in [0.25, 0.3) is 0 Å². The molecular formula is C20H30N4O. The van der Waals surface area contributed by atoms with E-state index in [-0.39, 0.29) is 0 Å². The highest BCUT2D eigenvalue weighted by Crippen LogP contribution is 2.21. The quantitative estimate of drug-likeness (QED) is 0.802. The van der Waals surface area contributed by atoms with Gasteiger partial charge in [0.1, 0.15) is 0 Å². The van der Waals surface area contributed by atoms with E-state index in [4.69, 9.17) is 4.52 Å². The van der Waals surface area contributed by atoms with E-state index in [1.165, 1.54) is 12.1 Å². The van der Waals surface area contributed by atoms with Crippen LogP contribution in [-0.2, 0) is 6.54 Å². The van der Waals surface area contributed by atoms with Gasteiger partial charge < -0.3 is 9.42 Å². The first kappa shape index (κ1) is 18.1. The van der Waals surface area contributed by atoms with Crippen molar-refractivity contribution in [1.82, 2.24) is 19.9 Å². The van der Waals surface area contributed by atoms with Crippen LogP contribution in [0.1, 0.15) is 45.1 Å². The second kappa shape index (κ2) is 8.11. The van der Waals surface area contributed by atoms with E-state index >= 15 is 0 Å². The molecule has 1 aliphatic heterocycles. The lowest BCUT2D eigenvalue weighted by Crippen LogP contribution is -2.46. The largest absolute Gasteiger partial charge is 0.338 e. The highest BCUT2D eigenvalue weighted by atomic mass is 16.5. The molecule has 5 heteroatoms. The number of aromatic nitrogens is 2. The minimum atomic E-state index is 0.532. The van der Waals surface area contributed by atoms with Crippen LogP contribution in [0.2, 0.25) is 0 Å². The first-order valence-corrected chi connectivity index (χ1v) is 9.39. The predicted molar refractivity (Wildman–Crippen MR) is 100 cm³/mol. The van der Waals surface area contributed by atoms with Gasteiger partial charge in [0.15, 0.2) is 0 Å². The van der Waals surface area contributed by atoms with Crippen LogP contribution < -0.4 is 0 Å². The molecule has 0 unspecified atom stereocenters. The van der Waals surface area contributed by atoms with Crippen molar-refractivity contribution in [3.8, 4) is 11.4 Å². The van der Waals surface area contributed by atoms with E-state index in [2.05, 4.69) is 71.9 Å². The van der Waals surface area contributed by atoms with Crippen LogP contribution in [0.25, 0.3) is 11.4 Å². The van der Waals surface area contributed by atoms with Gasteiger partial charge in [-0.15, -0.1) is 0 Å². The number of hydrogen-bond donors (Lipinski definition) is 0. The van der Waals surface area contributed by atoms with Crippen molar-refractivity contribution in [3.05, 3.63) is 35.7 Å². The van der Waals surface area contributed by atoms with E-state index in [0.29, 0.717) is 17.6 Å². The van der Waals surface area contributed by atoms with Crippen LogP contribution >= 0.6 is 0 Å². The standard InChI is InChI=1S/C20H30N4O/c1-15(2)13-23-9-11-24(12-10-23)14-19-21-20(22-25-19)18-7-5-17(6-8-18)16(3)4/h5-8,15-16H,9-14H2,1-4H3. The summed E-state index contributed by atoms with van der Waals surface area (Å²) in [6, 6.07) is 8.44. The molecular weight excluding hydrogens is 312 g/mol. The third kappa shape index (κ3) is 4.89. The van der Waals surface area contributed by atoms with Gasteiger partial charge in [-0.05, 0) is 17.4 Å². The first-order chi connectivity index (χ1) is 12.0. The molecule has 1 aromatic heterocycles. The maximum Gasteiger partial charge on any atom is 0.241 e. The molecule has 1 aromatic carbocycles. The van der Waals surface area contributed by atoms with Crippen molar-refractivity contribution in [2.24, 2.45) is 5.92 Å². The van der Waals surface area contributed by atoms with E-state index in [9.17, 15) is 0 Å². The van der Waals surface area contributed by atoms with Crippen molar-refractivity contribution in [1.29, 1.82) is 0 Å². The summed E-state index contributed by atoms with van der Waals surface area (Å²) in [5.74, 6) is 2.65. The zero-order valence-corrected chi connectivity index (χ0v) is 15.9. The molecule has 5 nitrogen and oxygen atoms in total. The summed E-state index contributed by atoms with van der Waals surface area (Å²) >= 11 is 0. The molecule has 0 saturated carbocycles. The topological polar surface area (TPSA) is 45.4 Å². The Bertz CT molecular complexity index is 655. The van der Waals surface area contributed by atoms with Gasteiger partial charge in [-0.1, -0.05) is 57.1 Å². The number of hydrogen-bond acceptors (Lipinski definition) is 5. The van der Waals surface area contributed by atoms with Crippen molar-refractivity contribution in [3.63, 3.8) is 0 Å². The first-order valence-electron chi connectivity index (χ1n) is 9.39. The van der Waals surface area contributed by atoms with Crippen LogP contribution in [0.5, 0.6) is 0 Å². The summed E-state index contributed by atoms with van der Waals surface area (Å²) in [4.78, 5) is 9.52. The molecule has 136 valence electrons. The summed E-state index contributed by atoms with van der Waals surface area (Å²) in [5.41, 5.74) is 2.34. The third-order valence-corrected chi connectivity index (χ3v) is 4.75. The number of benzene rings is 1. The smallest absolute Gasteiger partial charge is 0.241 e. The van der Waals surface area contributed by atoms with E-state index in [0.717, 1.165) is 44.2 Å². The minimum absolute atomic E-state index is 0.532. The Morgan fingerprint density at radius 2 is 1.60 bits per heavy atom. The fourth-order valence-corrected chi connectivity index (χ4v) is 3.29. The molecule has 0 atom stereocenters. The second-order valence-electron chi connectivity index (χ2n) is 7.76. The number of rotatable bonds is 6. The fourth-order valence-electron chi connectivity index (χ4n) is 3.29. The number of piperazine rings is 1. The average molecular weight is 342 g/mol. The van der Waals surface area contributed by atoms with Gasteiger partial charge in [0.05, 0.1) is 6.54 Å². The van der Waals surface area contributed by atoms with Crippen molar-refractivity contribution in [2.75, 3.05) is 32.7 Å². The zero-order chi connectivity index (χ0) is 17.8. The van der Waals surface area contributed by atoms with Crippen LogP contribution in [0.15, 0.2) is 28.8 Å². The van der Waals surface area contributed by atoms with E-state index < -0.39 is 0 Å². The maximum atomic E-state index is 5.47. The number of nitrogens with zero attached hydrogens (tertiary/aromatic N) is 4. The fraction of sp³-hybridized carbons (Fsp3) is 0.600. The van der Waals surface area contributed by atoms with Gasteiger partial charge in [-0.25, -0.2) is 0 Å². The van der Waals surface area contributed by atoms with Crippen LogP contribution in [0.3, 0.4) is 0 Å².